The summed E-state index contributed by atoms with van der Waals surface area (Å²) in [5, 5.41) is 0. The van der Waals surface area contributed by atoms with E-state index in [1.165, 1.54) is 0 Å². The van der Waals surface area contributed by atoms with Gasteiger partial charge in [0.2, 0.25) is 11.8 Å². The van der Waals surface area contributed by atoms with E-state index < -0.39 is 0 Å². The second-order valence-electron chi connectivity index (χ2n) is 8.00. The van der Waals surface area contributed by atoms with Crippen LogP contribution in [0.2, 0.25) is 0 Å². The van der Waals surface area contributed by atoms with Gasteiger partial charge < -0.3 is 9.80 Å². The molecule has 1 atom stereocenters. The van der Waals surface area contributed by atoms with Crippen molar-refractivity contribution in [2.45, 2.75) is 45.6 Å². The first-order valence-corrected chi connectivity index (χ1v) is 10.2. The van der Waals surface area contributed by atoms with Crippen molar-refractivity contribution in [1.82, 2.24) is 4.90 Å². The molecule has 3 rings (SSSR count). The molecule has 1 saturated heterocycles. The Morgan fingerprint density at radius 2 is 1.64 bits per heavy atom. The fraction of sp³-hybridized carbons (Fsp3) is 0.417. The van der Waals surface area contributed by atoms with Crippen molar-refractivity contribution in [3.8, 4) is 11.1 Å². The van der Waals surface area contributed by atoms with Crippen molar-refractivity contribution in [2.24, 2.45) is 5.92 Å². The zero-order valence-electron chi connectivity index (χ0n) is 17.1. The Bertz CT molecular complexity index is 799. The minimum absolute atomic E-state index is 0.00332. The standard InChI is InChI=1S/C24H30N2O2/c1-18(2)17-22(26-16-8-7-11-23(26)27)24(28)25(3)21-14-12-20(13-15-21)19-9-5-4-6-10-19/h4-6,9-10,12-15,18,22H,7-8,11,16-17H2,1-3H3. The van der Waals surface area contributed by atoms with Gasteiger partial charge in [-0.05, 0) is 48.4 Å². The third kappa shape index (κ3) is 4.61. The third-order valence-electron chi connectivity index (χ3n) is 5.41. The number of benzene rings is 2. The number of hydrogen-bond acceptors (Lipinski definition) is 2. The van der Waals surface area contributed by atoms with Gasteiger partial charge in [0.25, 0.3) is 0 Å². The zero-order chi connectivity index (χ0) is 20.1. The van der Waals surface area contributed by atoms with Crippen LogP contribution < -0.4 is 4.90 Å². The maximum absolute atomic E-state index is 13.3. The number of amides is 2. The maximum Gasteiger partial charge on any atom is 0.249 e. The molecular weight excluding hydrogens is 348 g/mol. The number of anilines is 1. The number of hydrogen-bond donors (Lipinski definition) is 0. The highest BCUT2D eigenvalue weighted by molar-refractivity contribution is 5.99. The molecule has 1 aliphatic rings. The Morgan fingerprint density at radius 3 is 2.25 bits per heavy atom. The van der Waals surface area contributed by atoms with E-state index in [1.54, 1.807) is 9.80 Å². The molecule has 0 saturated carbocycles. The summed E-state index contributed by atoms with van der Waals surface area (Å²) < 4.78 is 0. The minimum atomic E-state index is -0.383. The van der Waals surface area contributed by atoms with Crippen LogP contribution >= 0.6 is 0 Å². The smallest absolute Gasteiger partial charge is 0.249 e. The number of carbonyl (C=O) groups is 2. The van der Waals surface area contributed by atoms with Crippen LogP contribution in [0, 0.1) is 5.92 Å². The summed E-state index contributed by atoms with van der Waals surface area (Å²) in [6.45, 7) is 4.88. The van der Waals surface area contributed by atoms with Gasteiger partial charge in [0.15, 0.2) is 0 Å². The lowest BCUT2D eigenvalue weighted by molar-refractivity contribution is -0.141. The summed E-state index contributed by atoms with van der Waals surface area (Å²) in [5.41, 5.74) is 3.12. The first kappa shape index (κ1) is 20.1. The van der Waals surface area contributed by atoms with Gasteiger partial charge in [0, 0.05) is 25.7 Å². The van der Waals surface area contributed by atoms with Crippen LogP contribution in [0.3, 0.4) is 0 Å². The van der Waals surface area contributed by atoms with Gasteiger partial charge in [0.1, 0.15) is 6.04 Å². The lowest BCUT2D eigenvalue weighted by Crippen LogP contribution is -2.52. The molecule has 0 N–H and O–H groups in total. The highest BCUT2D eigenvalue weighted by Crippen LogP contribution is 2.25. The first-order chi connectivity index (χ1) is 13.5. The highest BCUT2D eigenvalue weighted by Gasteiger charge is 2.33. The Balaban J connectivity index is 1.79. The average molecular weight is 379 g/mol. The third-order valence-corrected chi connectivity index (χ3v) is 5.41. The predicted molar refractivity (Wildman–Crippen MR) is 114 cm³/mol. The van der Waals surface area contributed by atoms with Gasteiger partial charge in [-0.2, -0.15) is 0 Å². The fourth-order valence-corrected chi connectivity index (χ4v) is 3.82. The van der Waals surface area contributed by atoms with Crippen molar-refractivity contribution < 1.29 is 9.59 Å². The summed E-state index contributed by atoms with van der Waals surface area (Å²) in [5.74, 6) is 0.451. The minimum Gasteiger partial charge on any atom is -0.331 e. The molecule has 1 heterocycles. The quantitative estimate of drug-likeness (QED) is 0.728. The van der Waals surface area contributed by atoms with Crippen LogP contribution in [0.25, 0.3) is 11.1 Å². The summed E-state index contributed by atoms with van der Waals surface area (Å²) >= 11 is 0. The van der Waals surface area contributed by atoms with Crippen molar-refractivity contribution in [3.63, 3.8) is 0 Å². The highest BCUT2D eigenvalue weighted by atomic mass is 16.2. The predicted octanol–water partition coefficient (Wildman–Crippen LogP) is 4.74. The van der Waals surface area contributed by atoms with E-state index in [0.29, 0.717) is 25.3 Å². The molecule has 1 aliphatic heterocycles. The SMILES string of the molecule is CC(C)CC(C(=O)N(C)c1ccc(-c2ccccc2)cc1)N1CCCCC1=O. The molecule has 28 heavy (non-hydrogen) atoms. The molecule has 2 aromatic carbocycles. The van der Waals surface area contributed by atoms with E-state index >= 15 is 0 Å². The van der Waals surface area contributed by atoms with Crippen molar-refractivity contribution >= 4 is 17.5 Å². The van der Waals surface area contributed by atoms with Crippen LogP contribution in [0.1, 0.15) is 39.5 Å². The van der Waals surface area contributed by atoms with Gasteiger partial charge in [-0.25, -0.2) is 0 Å². The topological polar surface area (TPSA) is 40.6 Å². The van der Waals surface area contributed by atoms with Gasteiger partial charge in [-0.15, -0.1) is 0 Å². The molecule has 2 aromatic rings. The molecule has 4 heteroatoms. The molecule has 2 amide bonds. The molecule has 0 aliphatic carbocycles. The molecule has 0 radical (unpaired) electrons. The molecule has 0 aromatic heterocycles. The second kappa shape index (κ2) is 9.05. The number of piperidine rings is 1. The van der Waals surface area contributed by atoms with E-state index in [9.17, 15) is 9.59 Å². The lowest BCUT2D eigenvalue weighted by atomic mass is 9.98. The number of likely N-dealkylation sites (tertiary alicyclic amines) is 1. The molecule has 0 spiro atoms. The fourth-order valence-electron chi connectivity index (χ4n) is 3.82. The maximum atomic E-state index is 13.3. The number of likely N-dealkylation sites (N-methyl/N-ethyl adjacent to an activating group) is 1. The average Bonchev–Trinajstić information content (AvgIpc) is 2.72. The van der Waals surface area contributed by atoms with Crippen molar-refractivity contribution in [1.29, 1.82) is 0 Å². The summed E-state index contributed by atoms with van der Waals surface area (Å²) in [7, 11) is 1.81. The van der Waals surface area contributed by atoms with Crippen LogP contribution in [-0.2, 0) is 9.59 Å². The second-order valence-corrected chi connectivity index (χ2v) is 8.00. The first-order valence-electron chi connectivity index (χ1n) is 10.2. The molecule has 1 fully saturated rings. The van der Waals surface area contributed by atoms with Gasteiger partial charge >= 0.3 is 0 Å². The Kier molecular flexibility index (Phi) is 6.50. The van der Waals surface area contributed by atoms with E-state index in [4.69, 9.17) is 0 Å². The lowest BCUT2D eigenvalue weighted by Gasteiger charge is -2.36. The van der Waals surface area contributed by atoms with Crippen LogP contribution in [0.4, 0.5) is 5.69 Å². The van der Waals surface area contributed by atoms with Crippen molar-refractivity contribution in [3.05, 3.63) is 54.6 Å². The van der Waals surface area contributed by atoms with E-state index in [2.05, 4.69) is 26.0 Å². The van der Waals surface area contributed by atoms with Gasteiger partial charge in [-0.3, -0.25) is 9.59 Å². The zero-order valence-corrected chi connectivity index (χ0v) is 17.1. The van der Waals surface area contributed by atoms with Crippen LogP contribution in [0.5, 0.6) is 0 Å². The molecular formula is C24H30N2O2. The van der Waals surface area contributed by atoms with Gasteiger partial charge in [0.05, 0.1) is 0 Å². The van der Waals surface area contributed by atoms with E-state index in [-0.39, 0.29) is 17.9 Å². The molecule has 1 unspecified atom stereocenters. The van der Waals surface area contributed by atoms with Gasteiger partial charge in [-0.1, -0.05) is 56.3 Å². The molecule has 0 bridgehead atoms. The Morgan fingerprint density at radius 1 is 1.00 bits per heavy atom. The number of carbonyl (C=O) groups excluding carboxylic acids is 2. The normalized spacial score (nSPS) is 15.6. The summed E-state index contributed by atoms with van der Waals surface area (Å²) in [6, 6.07) is 17.8. The largest absolute Gasteiger partial charge is 0.331 e. The van der Waals surface area contributed by atoms with Crippen LogP contribution in [-0.4, -0.2) is 36.3 Å². The Labute approximate surface area is 168 Å². The summed E-state index contributed by atoms with van der Waals surface area (Å²) in [6.07, 6.45) is 3.15. The van der Waals surface area contributed by atoms with E-state index in [1.807, 2.05) is 49.5 Å². The van der Waals surface area contributed by atoms with Crippen molar-refractivity contribution in [2.75, 3.05) is 18.5 Å². The van der Waals surface area contributed by atoms with E-state index in [0.717, 1.165) is 29.7 Å². The monoisotopic (exact) mass is 378 g/mol. The van der Waals surface area contributed by atoms with Crippen LogP contribution in [0.15, 0.2) is 54.6 Å². The summed E-state index contributed by atoms with van der Waals surface area (Å²) in [4.78, 5) is 29.3. The number of rotatable bonds is 6. The molecule has 4 nitrogen and oxygen atoms in total. The Hall–Kier alpha value is -2.62. The number of nitrogens with zero attached hydrogens (tertiary/aromatic N) is 2. The molecule has 148 valence electrons.